The highest BCUT2D eigenvalue weighted by Gasteiger charge is 2.20. The zero-order valence-corrected chi connectivity index (χ0v) is 13.1. The molecule has 112 valence electrons. The number of methoxy groups -OCH3 is 1. The van der Waals surface area contributed by atoms with Gasteiger partial charge in [0.25, 0.3) is 0 Å². The van der Waals surface area contributed by atoms with E-state index in [2.05, 4.69) is 19.9 Å². The molecule has 2 rings (SSSR count). The van der Waals surface area contributed by atoms with Crippen LogP contribution in [0.3, 0.4) is 0 Å². The van der Waals surface area contributed by atoms with Gasteiger partial charge in [-0.15, -0.1) is 0 Å². The lowest BCUT2D eigenvalue weighted by atomic mass is 9.93. The maximum Gasteiger partial charge on any atom is 0.124 e. The molecule has 2 N–H and O–H groups in total. The summed E-state index contributed by atoms with van der Waals surface area (Å²) in [6.07, 6.45) is 0. The molecule has 3 heteroatoms. The van der Waals surface area contributed by atoms with Crippen LogP contribution in [-0.4, -0.2) is 13.7 Å². The fourth-order valence-corrected chi connectivity index (χ4v) is 2.69. The number of hydrogen-bond acceptors (Lipinski definition) is 3. The van der Waals surface area contributed by atoms with E-state index in [-0.39, 0.29) is 6.04 Å². The molecule has 21 heavy (non-hydrogen) atoms. The molecule has 0 amide bonds. The molecule has 0 spiro atoms. The van der Waals surface area contributed by atoms with Crippen molar-refractivity contribution < 1.29 is 9.47 Å². The Labute approximate surface area is 126 Å². The van der Waals surface area contributed by atoms with E-state index in [4.69, 9.17) is 15.2 Å². The molecule has 0 aliphatic rings. The third kappa shape index (κ3) is 3.19. The molecule has 1 atom stereocenters. The Kier molecular flexibility index (Phi) is 4.86. The Morgan fingerprint density at radius 3 is 2.48 bits per heavy atom. The van der Waals surface area contributed by atoms with Crippen LogP contribution >= 0.6 is 0 Å². The van der Waals surface area contributed by atoms with Crippen molar-refractivity contribution in [2.75, 3.05) is 13.7 Å². The predicted molar refractivity (Wildman–Crippen MR) is 86.1 cm³/mol. The maximum absolute atomic E-state index is 6.51. The number of hydrogen-bond donors (Lipinski definition) is 1. The number of nitrogens with two attached hydrogens (primary N) is 1. The van der Waals surface area contributed by atoms with Crippen molar-refractivity contribution in [3.63, 3.8) is 0 Å². The largest absolute Gasteiger partial charge is 0.496 e. The zero-order chi connectivity index (χ0) is 15.4. The van der Waals surface area contributed by atoms with Crippen LogP contribution in [0.2, 0.25) is 0 Å². The second kappa shape index (κ2) is 6.64. The fraction of sp³-hybridized carbons (Fsp3) is 0.333. The Balaban J connectivity index is 2.52. The van der Waals surface area contributed by atoms with Gasteiger partial charge in [0.1, 0.15) is 11.5 Å². The first-order valence-corrected chi connectivity index (χ1v) is 7.21. The highest BCUT2D eigenvalue weighted by Crippen LogP contribution is 2.35. The van der Waals surface area contributed by atoms with Gasteiger partial charge in [-0.05, 0) is 44.0 Å². The van der Waals surface area contributed by atoms with Crippen LogP contribution in [0.5, 0.6) is 11.5 Å². The standard InChI is InChI=1S/C18H23NO2/c1-5-21-15-9-7-6-8-14(15)18(19)17-13(3)10-12(2)11-16(17)20-4/h6-11,18H,5,19H2,1-4H3. The molecule has 0 radical (unpaired) electrons. The number of rotatable bonds is 5. The molecule has 0 aliphatic carbocycles. The smallest absolute Gasteiger partial charge is 0.124 e. The second-order valence-electron chi connectivity index (χ2n) is 5.15. The highest BCUT2D eigenvalue weighted by molar-refractivity contribution is 5.51. The minimum Gasteiger partial charge on any atom is -0.496 e. The predicted octanol–water partition coefficient (Wildman–Crippen LogP) is 3.76. The third-order valence-corrected chi connectivity index (χ3v) is 3.58. The van der Waals surface area contributed by atoms with E-state index in [1.165, 1.54) is 5.56 Å². The van der Waals surface area contributed by atoms with Crippen LogP contribution in [0, 0.1) is 13.8 Å². The van der Waals surface area contributed by atoms with Gasteiger partial charge < -0.3 is 15.2 Å². The van der Waals surface area contributed by atoms with E-state index in [9.17, 15) is 0 Å². The van der Waals surface area contributed by atoms with Crippen LogP contribution in [0.15, 0.2) is 36.4 Å². The summed E-state index contributed by atoms with van der Waals surface area (Å²) in [5.74, 6) is 1.65. The summed E-state index contributed by atoms with van der Waals surface area (Å²) in [5, 5.41) is 0. The van der Waals surface area contributed by atoms with Crippen molar-refractivity contribution in [3.05, 3.63) is 58.7 Å². The van der Waals surface area contributed by atoms with Gasteiger partial charge in [0.15, 0.2) is 0 Å². The molecule has 0 bridgehead atoms. The Bertz CT molecular complexity index is 623. The van der Waals surface area contributed by atoms with Crippen molar-refractivity contribution in [1.29, 1.82) is 0 Å². The minimum atomic E-state index is -0.275. The summed E-state index contributed by atoms with van der Waals surface area (Å²) in [4.78, 5) is 0. The summed E-state index contributed by atoms with van der Waals surface area (Å²) in [7, 11) is 1.68. The van der Waals surface area contributed by atoms with Crippen molar-refractivity contribution in [1.82, 2.24) is 0 Å². The Morgan fingerprint density at radius 1 is 1.10 bits per heavy atom. The van der Waals surface area contributed by atoms with Crippen LogP contribution in [0.25, 0.3) is 0 Å². The van der Waals surface area contributed by atoms with E-state index in [1.807, 2.05) is 37.3 Å². The summed E-state index contributed by atoms with van der Waals surface area (Å²) in [6.45, 7) is 6.71. The van der Waals surface area contributed by atoms with E-state index < -0.39 is 0 Å². The first kappa shape index (κ1) is 15.4. The van der Waals surface area contributed by atoms with Crippen LogP contribution in [0.1, 0.15) is 35.2 Å². The molecule has 0 fully saturated rings. The normalized spacial score (nSPS) is 12.0. The lowest BCUT2D eigenvalue weighted by Crippen LogP contribution is -2.16. The number of para-hydroxylation sites is 1. The average Bonchev–Trinajstić information content (AvgIpc) is 2.46. The monoisotopic (exact) mass is 285 g/mol. The SMILES string of the molecule is CCOc1ccccc1C(N)c1c(C)cc(C)cc1OC. The minimum absolute atomic E-state index is 0.275. The first-order valence-electron chi connectivity index (χ1n) is 7.21. The van der Waals surface area contributed by atoms with Gasteiger partial charge in [-0.25, -0.2) is 0 Å². The molecule has 0 heterocycles. The third-order valence-electron chi connectivity index (χ3n) is 3.58. The van der Waals surface area contributed by atoms with Crippen LogP contribution in [-0.2, 0) is 0 Å². The topological polar surface area (TPSA) is 44.5 Å². The van der Waals surface area contributed by atoms with E-state index in [0.717, 1.165) is 28.2 Å². The number of benzene rings is 2. The number of aryl methyl sites for hydroxylation is 2. The molecule has 0 aromatic heterocycles. The molecule has 0 saturated heterocycles. The van der Waals surface area contributed by atoms with E-state index in [0.29, 0.717) is 6.61 Å². The summed E-state index contributed by atoms with van der Waals surface area (Å²) in [5.41, 5.74) is 10.8. The van der Waals surface area contributed by atoms with Crippen molar-refractivity contribution >= 4 is 0 Å². The molecular weight excluding hydrogens is 262 g/mol. The summed E-state index contributed by atoms with van der Waals surface area (Å²) in [6, 6.07) is 11.8. The van der Waals surface area contributed by atoms with E-state index in [1.54, 1.807) is 7.11 Å². The lowest BCUT2D eigenvalue weighted by Gasteiger charge is -2.21. The van der Waals surface area contributed by atoms with E-state index >= 15 is 0 Å². The van der Waals surface area contributed by atoms with Crippen molar-refractivity contribution in [3.8, 4) is 11.5 Å². The van der Waals surface area contributed by atoms with Crippen LogP contribution < -0.4 is 15.2 Å². The molecular formula is C18H23NO2. The molecule has 1 unspecified atom stereocenters. The molecule has 2 aromatic rings. The lowest BCUT2D eigenvalue weighted by molar-refractivity contribution is 0.335. The molecule has 0 saturated carbocycles. The number of ether oxygens (including phenoxy) is 2. The molecule has 2 aromatic carbocycles. The van der Waals surface area contributed by atoms with Gasteiger partial charge in [0.05, 0.1) is 19.8 Å². The second-order valence-corrected chi connectivity index (χ2v) is 5.15. The molecule has 0 aliphatic heterocycles. The first-order chi connectivity index (χ1) is 10.1. The van der Waals surface area contributed by atoms with Gasteiger partial charge in [0.2, 0.25) is 0 Å². The van der Waals surface area contributed by atoms with Gasteiger partial charge in [-0.3, -0.25) is 0 Å². The van der Waals surface area contributed by atoms with Crippen molar-refractivity contribution in [2.45, 2.75) is 26.8 Å². The molecule has 3 nitrogen and oxygen atoms in total. The Morgan fingerprint density at radius 2 is 1.81 bits per heavy atom. The van der Waals surface area contributed by atoms with Gasteiger partial charge in [-0.1, -0.05) is 24.3 Å². The zero-order valence-electron chi connectivity index (χ0n) is 13.1. The van der Waals surface area contributed by atoms with Gasteiger partial charge in [0, 0.05) is 11.1 Å². The quantitative estimate of drug-likeness (QED) is 0.909. The highest BCUT2D eigenvalue weighted by atomic mass is 16.5. The maximum atomic E-state index is 6.51. The van der Waals surface area contributed by atoms with Crippen molar-refractivity contribution in [2.24, 2.45) is 5.73 Å². The fourth-order valence-electron chi connectivity index (χ4n) is 2.69. The summed E-state index contributed by atoms with van der Waals surface area (Å²) < 4.78 is 11.2. The summed E-state index contributed by atoms with van der Waals surface area (Å²) >= 11 is 0. The average molecular weight is 285 g/mol. The van der Waals surface area contributed by atoms with Crippen LogP contribution in [0.4, 0.5) is 0 Å². The van der Waals surface area contributed by atoms with Gasteiger partial charge in [-0.2, -0.15) is 0 Å². The Hall–Kier alpha value is -2.00. The van der Waals surface area contributed by atoms with Gasteiger partial charge >= 0.3 is 0 Å².